The van der Waals surface area contributed by atoms with E-state index in [0.29, 0.717) is 5.75 Å². The van der Waals surface area contributed by atoms with Crippen molar-refractivity contribution in [3.05, 3.63) is 0 Å². The molecular weight excluding hydrogens is 222 g/mol. The smallest absolute Gasteiger partial charge is 0.230 e. The number of carbonyl (C=O) groups is 1. The Morgan fingerprint density at radius 3 is 2.69 bits per heavy atom. The third kappa shape index (κ3) is 4.34. The summed E-state index contributed by atoms with van der Waals surface area (Å²) in [6.07, 6.45) is 6.43. The molecule has 0 spiro atoms. The van der Waals surface area contributed by atoms with Crippen LogP contribution in [-0.4, -0.2) is 34.7 Å². The summed E-state index contributed by atoms with van der Waals surface area (Å²) in [5, 5.41) is 12.4. The lowest BCUT2D eigenvalue weighted by Gasteiger charge is -2.27. The van der Waals surface area contributed by atoms with Gasteiger partial charge in [-0.1, -0.05) is 26.2 Å². The Morgan fingerprint density at radius 1 is 1.44 bits per heavy atom. The Kier molecular flexibility index (Phi) is 6.21. The van der Waals surface area contributed by atoms with Crippen LogP contribution in [0.3, 0.4) is 0 Å². The second kappa shape index (κ2) is 7.17. The van der Waals surface area contributed by atoms with E-state index in [1.165, 1.54) is 12.8 Å². The van der Waals surface area contributed by atoms with E-state index in [2.05, 4.69) is 12.2 Å². The summed E-state index contributed by atoms with van der Waals surface area (Å²) < 4.78 is 0. The molecule has 0 unspecified atom stereocenters. The number of carbonyl (C=O) groups excluding carboxylic acids is 1. The summed E-state index contributed by atoms with van der Waals surface area (Å²) in [7, 11) is 0. The van der Waals surface area contributed by atoms with Crippen LogP contribution in [0.4, 0.5) is 0 Å². The van der Waals surface area contributed by atoms with E-state index in [1.807, 2.05) is 0 Å². The van der Waals surface area contributed by atoms with Gasteiger partial charge in [0.25, 0.3) is 0 Å². The zero-order chi connectivity index (χ0) is 11.9. The number of aliphatic hydroxyl groups is 1. The molecule has 0 atom stereocenters. The highest BCUT2D eigenvalue weighted by atomic mass is 32.2. The predicted molar refractivity (Wildman–Crippen MR) is 68.7 cm³/mol. The molecule has 94 valence electrons. The first kappa shape index (κ1) is 13.8. The largest absolute Gasteiger partial charge is 0.394 e. The molecule has 1 aliphatic carbocycles. The Bertz CT molecular complexity index is 215. The molecule has 1 fully saturated rings. The van der Waals surface area contributed by atoms with Gasteiger partial charge < -0.3 is 10.4 Å². The predicted octanol–water partition coefficient (Wildman–Crippen LogP) is 1.94. The Morgan fingerprint density at radius 2 is 2.12 bits per heavy atom. The summed E-state index contributed by atoms with van der Waals surface area (Å²) in [5.41, 5.74) is -0.303. The lowest BCUT2D eigenvalue weighted by atomic mass is 9.99. The van der Waals surface area contributed by atoms with Gasteiger partial charge in [0.05, 0.1) is 17.9 Å². The Balaban J connectivity index is 2.21. The highest BCUT2D eigenvalue weighted by molar-refractivity contribution is 7.99. The quantitative estimate of drug-likeness (QED) is 0.674. The molecule has 3 nitrogen and oxygen atoms in total. The normalized spacial score (nSPS) is 18.6. The molecule has 0 heterocycles. The van der Waals surface area contributed by atoms with Crippen molar-refractivity contribution in [1.29, 1.82) is 0 Å². The number of hydrogen-bond donors (Lipinski definition) is 2. The molecular formula is C12H23NO2S. The molecule has 0 aromatic carbocycles. The van der Waals surface area contributed by atoms with Gasteiger partial charge in [-0.2, -0.15) is 11.8 Å². The third-order valence-corrected chi connectivity index (χ3v) is 4.19. The van der Waals surface area contributed by atoms with E-state index in [4.69, 9.17) is 0 Å². The maximum atomic E-state index is 11.7. The Labute approximate surface area is 102 Å². The van der Waals surface area contributed by atoms with Crippen LogP contribution in [0.1, 0.15) is 45.4 Å². The molecule has 1 amide bonds. The molecule has 2 N–H and O–H groups in total. The van der Waals surface area contributed by atoms with E-state index in [0.717, 1.165) is 31.4 Å². The number of thioether (sulfide) groups is 1. The lowest BCUT2D eigenvalue weighted by molar-refractivity contribution is -0.121. The van der Waals surface area contributed by atoms with Crippen molar-refractivity contribution in [2.45, 2.75) is 51.0 Å². The first-order valence-electron chi connectivity index (χ1n) is 6.22. The second-order valence-corrected chi connectivity index (χ2v) is 5.71. The van der Waals surface area contributed by atoms with Gasteiger partial charge in [0.1, 0.15) is 0 Å². The van der Waals surface area contributed by atoms with E-state index >= 15 is 0 Å². The molecule has 4 heteroatoms. The lowest BCUT2D eigenvalue weighted by Crippen LogP contribution is -2.49. The second-order valence-electron chi connectivity index (χ2n) is 4.60. The molecule has 0 bridgehead atoms. The topological polar surface area (TPSA) is 49.3 Å². The summed E-state index contributed by atoms with van der Waals surface area (Å²) in [5.74, 6) is 1.66. The molecule has 0 aromatic rings. The molecule has 0 aromatic heterocycles. The van der Waals surface area contributed by atoms with Gasteiger partial charge in [0.2, 0.25) is 5.91 Å². The van der Waals surface area contributed by atoms with Crippen molar-refractivity contribution in [3.63, 3.8) is 0 Å². The molecule has 1 saturated carbocycles. The summed E-state index contributed by atoms with van der Waals surface area (Å²) >= 11 is 1.68. The number of unbranched alkanes of at least 4 members (excludes halogenated alkanes) is 1. The molecule has 0 radical (unpaired) electrons. The maximum Gasteiger partial charge on any atom is 0.230 e. The SMILES string of the molecule is CCCCSCC(=O)NC1(CO)CCCC1. The van der Waals surface area contributed by atoms with E-state index in [9.17, 15) is 9.90 Å². The number of nitrogens with one attached hydrogen (secondary N) is 1. The van der Waals surface area contributed by atoms with Crippen LogP contribution in [-0.2, 0) is 4.79 Å². The van der Waals surface area contributed by atoms with Gasteiger partial charge >= 0.3 is 0 Å². The molecule has 16 heavy (non-hydrogen) atoms. The van der Waals surface area contributed by atoms with Crippen molar-refractivity contribution >= 4 is 17.7 Å². The standard InChI is InChI=1S/C12H23NO2S/c1-2-3-8-16-9-11(15)13-12(10-14)6-4-5-7-12/h14H,2-10H2,1H3,(H,13,15). The number of rotatable bonds is 7. The van der Waals surface area contributed by atoms with Crippen molar-refractivity contribution in [1.82, 2.24) is 5.32 Å². The van der Waals surface area contributed by atoms with Gasteiger partial charge in [-0.3, -0.25) is 4.79 Å². The minimum absolute atomic E-state index is 0.0806. The van der Waals surface area contributed by atoms with E-state index in [1.54, 1.807) is 11.8 Å². The van der Waals surface area contributed by atoms with Crippen LogP contribution in [0.15, 0.2) is 0 Å². The molecule has 1 aliphatic rings. The number of hydrogen-bond acceptors (Lipinski definition) is 3. The van der Waals surface area contributed by atoms with Crippen LogP contribution in [0, 0.1) is 0 Å². The maximum absolute atomic E-state index is 11.7. The number of aliphatic hydroxyl groups excluding tert-OH is 1. The highest BCUT2D eigenvalue weighted by Gasteiger charge is 2.34. The van der Waals surface area contributed by atoms with Crippen LogP contribution in [0.2, 0.25) is 0 Å². The van der Waals surface area contributed by atoms with Crippen molar-refractivity contribution in [2.24, 2.45) is 0 Å². The average molecular weight is 245 g/mol. The Hall–Kier alpha value is -0.220. The van der Waals surface area contributed by atoms with Gasteiger partial charge in [-0.25, -0.2) is 0 Å². The van der Waals surface area contributed by atoms with Crippen LogP contribution < -0.4 is 5.32 Å². The monoisotopic (exact) mass is 245 g/mol. The fourth-order valence-corrected chi connectivity index (χ4v) is 3.01. The number of amides is 1. The van der Waals surface area contributed by atoms with Gasteiger partial charge in [-0.15, -0.1) is 0 Å². The van der Waals surface area contributed by atoms with Crippen LogP contribution >= 0.6 is 11.8 Å². The highest BCUT2D eigenvalue weighted by Crippen LogP contribution is 2.29. The minimum atomic E-state index is -0.303. The van der Waals surface area contributed by atoms with Crippen molar-refractivity contribution in [3.8, 4) is 0 Å². The van der Waals surface area contributed by atoms with Crippen LogP contribution in [0.5, 0.6) is 0 Å². The molecule has 0 aliphatic heterocycles. The third-order valence-electron chi connectivity index (χ3n) is 3.14. The zero-order valence-corrected chi connectivity index (χ0v) is 10.9. The average Bonchev–Trinajstić information content (AvgIpc) is 2.74. The summed E-state index contributed by atoms with van der Waals surface area (Å²) in [4.78, 5) is 11.7. The van der Waals surface area contributed by atoms with Crippen molar-refractivity contribution in [2.75, 3.05) is 18.1 Å². The first-order chi connectivity index (χ1) is 7.72. The molecule has 1 rings (SSSR count). The van der Waals surface area contributed by atoms with Gasteiger partial charge in [-0.05, 0) is 25.0 Å². The fraction of sp³-hybridized carbons (Fsp3) is 0.917. The summed E-state index contributed by atoms with van der Waals surface area (Å²) in [6.45, 7) is 2.23. The van der Waals surface area contributed by atoms with Gasteiger partial charge in [0.15, 0.2) is 0 Å². The van der Waals surface area contributed by atoms with Crippen molar-refractivity contribution < 1.29 is 9.90 Å². The van der Waals surface area contributed by atoms with Crippen LogP contribution in [0.25, 0.3) is 0 Å². The van der Waals surface area contributed by atoms with E-state index in [-0.39, 0.29) is 18.1 Å². The fourth-order valence-electron chi connectivity index (χ4n) is 2.12. The molecule has 0 saturated heterocycles. The van der Waals surface area contributed by atoms with Gasteiger partial charge in [0, 0.05) is 0 Å². The minimum Gasteiger partial charge on any atom is -0.394 e. The summed E-state index contributed by atoms with van der Waals surface area (Å²) in [6, 6.07) is 0. The zero-order valence-electron chi connectivity index (χ0n) is 10.1. The van der Waals surface area contributed by atoms with E-state index < -0.39 is 0 Å². The first-order valence-corrected chi connectivity index (χ1v) is 7.37.